The topological polar surface area (TPSA) is 96.9 Å². The minimum Gasteiger partial charge on any atom is -0.349 e. The first-order chi connectivity index (χ1) is 13.0. The van der Waals surface area contributed by atoms with Gasteiger partial charge in [-0.15, -0.1) is 12.4 Å². The number of nitrogens with two attached hydrogens (primary N) is 2. The monoisotopic (exact) mass is 408 g/mol. The second kappa shape index (κ2) is 9.64. The molecular formula is C20H23ClF2N4O. The zero-order valence-electron chi connectivity index (χ0n) is 15.2. The highest BCUT2D eigenvalue weighted by Gasteiger charge is 2.18. The molecule has 0 aliphatic rings. The maximum atomic E-state index is 14.6. The van der Waals surface area contributed by atoms with Gasteiger partial charge in [-0.25, -0.2) is 8.78 Å². The van der Waals surface area contributed by atoms with Gasteiger partial charge in [-0.05, 0) is 54.8 Å². The molecule has 3 aromatic rings. The molecule has 1 unspecified atom stereocenters. The number of aromatic nitrogens is 1. The summed E-state index contributed by atoms with van der Waals surface area (Å²) in [5.74, 6) is -1.48. The highest BCUT2D eigenvalue weighted by atomic mass is 35.5. The molecule has 1 atom stereocenters. The molecule has 0 radical (unpaired) electrons. The van der Waals surface area contributed by atoms with E-state index in [0.29, 0.717) is 23.9 Å². The van der Waals surface area contributed by atoms with Gasteiger partial charge in [0, 0.05) is 23.5 Å². The summed E-state index contributed by atoms with van der Waals surface area (Å²) >= 11 is 0. The number of hydrogen-bond donors (Lipinski definition) is 4. The minimum absolute atomic E-state index is 0. The molecule has 150 valence electrons. The fraction of sp³-hybridized carbons (Fsp3) is 0.250. The van der Waals surface area contributed by atoms with E-state index in [4.69, 9.17) is 11.5 Å². The quantitative estimate of drug-likeness (QED) is 0.482. The van der Waals surface area contributed by atoms with E-state index in [1.54, 1.807) is 30.3 Å². The predicted molar refractivity (Wildman–Crippen MR) is 109 cm³/mol. The van der Waals surface area contributed by atoms with Crippen LogP contribution in [-0.4, -0.2) is 30.0 Å². The van der Waals surface area contributed by atoms with Crippen LogP contribution in [0, 0.1) is 11.6 Å². The van der Waals surface area contributed by atoms with E-state index in [2.05, 4.69) is 10.3 Å². The molecule has 0 saturated heterocycles. The van der Waals surface area contributed by atoms with Gasteiger partial charge in [0.1, 0.15) is 11.5 Å². The lowest BCUT2D eigenvalue weighted by molar-refractivity contribution is 0.0942. The fourth-order valence-corrected chi connectivity index (χ4v) is 2.94. The van der Waals surface area contributed by atoms with E-state index in [1.807, 2.05) is 0 Å². The van der Waals surface area contributed by atoms with Gasteiger partial charge in [-0.1, -0.05) is 18.2 Å². The van der Waals surface area contributed by atoms with Gasteiger partial charge in [0.25, 0.3) is 5.91 Å². The maximum absolute atomic E-state index is 14.6. The van der Waals surface area contributed by atoms with Gasteiger partial charge >= 0.3 is 0 Å². The van der Waals surface area contributed by atoms with Crippen molar-refractivity contribution in [1.29, 1.82) is 0 Å². The summed E-state index contributed by atoms with van der Waals surface area (Å²) in [7, 11) is 0. The zero-order chi connectivity index (χ0) is 19.4. The van der Waals surface area contributed by atoms with E-state index >= 15 is 0 Å². The molecule has 28 heavy (non-hydrogen) atoms. The minimum atomic E-state index is -0.608. The standard InChI is InChI=1S/C20H22F2N4O.ClH/c21-14-6-3-12(4-7-14)13-5-8-16-17(10-13)26-19(18(16)22)20(27)25-11-15(24)2-1-9-23;/h3-8,10,15,26H,1-2,9,11,23-24H2,(H,25,27);1H. The maximum Gasteiger partial charge on any atom is 0.270 e. The molecule has 1 amide bonds. The third-order valence-electron chi connectivity index (χ3n) is 4.44. The number of aromatic amines is 1. The van der Waals surface area contributed by atoms with Crippen molar-refractivity contribution in [2.24, 2.45) is 11.5 Å². The van der Waals surface area contributed by atoms with Crippen molar-refractivity contribution in [3.8, 4) is 11.1 Å². The van der Waals surface area contributed by atoms with Gasteiger partial charge in [-0.2, -0.15) is 0 Å². The average molecular weight is 409 g/mol. The third kappa shape index (κ3) is 4.86. The van der Waals surface area contributed by atoms with Crippen LogP contribution in [-0.2, 0) is 0 Å². The van der Waals surface area contributed by atoms with Crippen molar-refractivity contribution in [2.45, 2.75) is 18.9 Å². The van der Waals surface area contributed by atoms with E-state index < -0.39 is 11.7 Å². The number of amides is 1. The summed E-state index contributed by atoms with van der Waals surface area (Å²) < 4.78 is 27.7. The summed E-state index contributed by atoms with van der Waals surface area (Å²) in [5, 5.41) is 2.96. The number of carbonyl (C=O) groups excluding carboxylic acids is 1. The van der Waals surface area contributed by atoms with Crippen LogP contribution in [0.15, 0.2) is 42.5 Å². The van der Waals surface area contributed by atoms with Crippen LogP contribution >= 0.6 is 12.4 Å². The normalized spacial score (nSPS) is 11.9. The predicted octanol–water partition coefficient (Wildman–Crippen LogP) is 3.33. The number of carbonyl (C=O) groups is 1. The lowest BCUT2D eigenvalue weighted by atomic mass is 10.0. The first-order valence-electron chi connectivity index (χ1n) is 8.80. The van der Waals surface area contributed by atoms with Crippen molar-refractivity contribution in [3.05, 3.63) is 59.8 Å². The van der Waals surface area contributed by atoms with Crippen LogP contribution in [0.25, 0.3) is 22.0 Å². The summed E-state index contributed by atoms with van der Waals surface area (Å²) in [6, 6.07) is 10.9. The SMILES string of the molecule is Cl.NCCCC(N)CNC(=O)c1[nH]c2cc(-c3ccc(F)cc3)ccc2c1F. The van der Waals surface area contributed by atoms with E-state index in [0.717, 1.165) is 17.5 Å². The van der Waals surface area contributed by atoms with Crippen molar-refractivity contribution in [1.82, 2.24) is 10.3 Å². The summed E-state index contributed by atoms with van der Waals surface area (Å²) in [4.78, 5) is 15.1. The number of hydrogen-bond acceptors (Lipinski definition) is 3. The van der Waals surface area contributed by atoms with Crippen LogP contribution in [0.3, 0.4) is 0 Å². The number of rotatable bonds is 7. The van der Waals surface area contributed by atoms with Gasteiger partial charge in [0.2, 0.25) is 0 Å². The van der Waals surface area contributed by atoms with Crippen LogP contribution in [0.5, 0.6) is 0 Å². The Balaban J connectivity index is 0.00000280. The Labute approximate surface area is 167 Å². The average Bonchev–Trinajstić information content (AvgIpc) is 3.01. The fourth-order valence-electron chi connectivity index (χ4n) is 2.94. The smallest absolute Gasteiger partial charge is 0.270 e. The second-order valence-corrected chi connectivity index (χ2v) is 6.48. The highest BCUT2D eigenvalue weighted by Crippen LogP contribution is 2.27. The number of benzene rings is 2. The molecular weight excluding hydrogens is 386 g/mol. The molecule has 0 spiro atoms. The van der Waals surface area contributed by atoms with Crippen LogP contribution < -0.4 is 16.8 Å². The van der Waals surface area contributed by atoms with Gasteiger partial charge in [0.05, 0.1) is 0 Å². The Morgan fingerprint density at radius 1 is 1.11 bits per heavy atom. The molecule has 5 nitrogen and oxygen atoms in total. The van der Waals surface area contributed by atoms with Crippen LogP contribution in [0.1, 0.15) is 23.3 Å². The summed E-state index contributed by atoms with van der Waals surface area (Å²) in [5.41, 5.74) is 13.3. The van der Waals surface area contributed by atoms with E-state index in [1.165, 1.54) is 12.1 Å². The molecule has 0 aliphatic heterocycles. The van der Waals surface area contributed by atoms with Crippen molar-refractivity contribution >= 4 is 29.2 Å². The van der Waals surface area contributed by atoms with E-state index in [-0.39, 0.29) is 36.5 Å². The summed E-state index contributed by atoms with van der Waals surface area (Å²) in [6.07, 6.45) is 1.46. The molecule has 8 heteroatoms. The Morgan fingerprint density at radius 2 is 1.79 bits per heavy atom. The van der Waals surface area contributed by atoms with Gasteiger partial charge < -0.3 is 21.8 Å². The number of nitrogens with one attached hydrogen (secondary N) is 2. The molecule has 6 N–H and O–H groups in total. The molecule has 3 rings (SSSR count). The van der Waals surface area contributed by atoms with Crippen LogP contribution in [0.4, 0.5) is 8.78 Å². The molecule has 0 fully saturated rings. The molecule has 0 aliphatic carbocycles. The van der Waals surface area contributed by atoms with Crippen molar-refractivity contribution in [2.75, 3.05) is 13.1 Å². The lowest BCUT2D eigenvalue weighted by Gasteiger charge is -2.11. The Kier molecular flexibility index (Phi) is 7.51. The molecule has 1 aromatic heterocycles. The molecule has 0 bridgehead atoms. The summed E-state index contributed by atoms with van der Waals surface area (Å²) in [6.45, 7) is 0.781. The largest absolute Gasteiger partial charge is 0.349 e. The van der Waals surface area contributed by atoms with Crippen molar-refractivity contribution in [3.63, 3.8) is 0 Å². The molecule has 0 saturated carbocycles. The first kappa shape index (κ1) is 21.8. The third-order valence-corrected chi connectivity index (χ3v) is 4.44. The van der Waals surface area contributed by atoms with E-state index in [9.17, 15) is 13.6 Å². The number of fused-ring (bicyclic) bond motifs is 1. The Hall–Kier alpha value is -2.48. The zero-order valence-corrected chi connectivity index (χ0v) is 16.0. The lowest BCUT2D eigenvalue weighted by Crippen LogP contribution is -2.37. The number of halogens is 3. The first-order valence-corrected chi connectivity index (χ1v) is 8.80. The molecule has 1 heterocycles. The molecule has 2 aromatic carbocycles. The van der Waals surface area contributed by atoms with Crippen molar-refractivity contribution < 1.29 is 13.6 Å². The van der Waals surface area contributed by atoms with Crippen LogP contribution in [0.2, 0.25) is 0 Å². The Bertz CT molecular complexity index is 943. The highest BCUT2D eigenvalue weighted by molar-refractivity contribution is 5.99. The second-order valence-electron chi connectivity index (χ2n) is 6.48. The number of H-pyrrole nitrogens is 1. The van der Waals surface area contributed by atoms with Gasteiger partial charge in [0.15, 0.2) is 5.82 Å². The Morgan fingerprint density at radius 3 is 2.46 bits per heavy atom. The van der Waals surface area contributed by atoms with Gasteiger partial charge in [-0.3, -0.25) is 4.79 Å².